The molecule has 3 heterocycles. The molecule has 1 amide bonds. The summed E-state index contributed by atoms with van der Waals surface area (Å²) in [5, 5.41) is 4.63. The van der Waals surface area contributed by atoms with Gasteiger partial charge in [-0.05, 0) is 49.6 Å². The molecule has 1 fully saturated rings. The van der Waals surface area contributed by atoms with E-state index in [0.29, 0.717) is 9.90 Å². The van der Waals surface area contributed by atoms with Crippen molar-refractivity contribution in [2.24, 2.45) is 0 Å². The number of rotatable bonds is 3. The number of thiazole rings is 1. The molecule has 0 spiro atoms. The minimum absolute atomic E-state index is 0.105. The van der Waals surface area contributed by atoms with Crippen molar-refractivity contribution >= 4 is 60.5 Å². The van der Waals surface area contributed by atoms with Crippen LogP contribution in [-0.4, -0.2) is 24.0 Å². The topological polar surface area (TPSA) is 45.2 Å². The molecular weight excluding hydrogens is 362 g/mol. The summed E-state index contributed by atoms with van der Waals surface area (Å²) in [6.45, 7) is 2.18. The second-order valence-electron chi connectivity index (χ2n) is 5.79. The smallest absolute Gasteiger partial charge is 0.265 e. The molecule has 2 aromatic heterocycles. The minimum Gasteiger partial charge on any atom is -0.348 e. The third-order valence-electron chi connectivity index (χ3n) is 4.03. The van der Waals surface area contributed by atoms with Crippen LogP contribution >= 0.6 is 34.3 Å². The minimum atomic E-state index is -0.105. The van der Waals surface area contributed by atoms with Crippen molar-refractivity contribution in [3.8, 4) is 0 Å². The van der Waals surface area contributed by atoms with Crippen LogP contribution in [0.1, 0.15) is 28.9 Å². The number of nitrogens with zero attached hydrogens (tertiary/aromatic N) is 2. The molecule has 1 aliphatic heterocycles. The molecule has 1 aromatic carbocycles. The summed E-state index contributed by atoms with van der Waals surface area (Å²) < 4.78 is 1.11. The van der Waals surface area contributed by atoms with Gasteiger partial charge in [-0.1, -0.05) is 22.9 Å². The molecule has 1 N–H and O–H groups in total. The van der Waals surface area contributed by atoms with E-state index < -0.39 is 0 Å². The summed E-state index contributed by atoms with van der Waals surface area (Å²) in [4.78, 5) is 20.1. The fourth-order valence-corrected chi connectivity index (χ4v) is 5.12. The molecule has 1 saturated heterocycles. The molecule has 24 heavy (non-hydrogen) atoms. The maximum absolute atomic E-state index is 12.4. The van der Waals surface area contributed by atoms with Gasteiger partial charge in [0.05, 0.1) is 10.4 Å². The first kappa shape index (κ1) is 15.9. The summed E-state index contributed by atoms with van der Waals surface area (Å²) in [5.74, 6) is -0.105. The summed E-state index contributed by atoms with van der Waals surface area (Å²) in [6.07, 6.45) is 3.79. The number of anilines is 2. The molecule has 0 radical (unpaired) electrons. The SMILES string of the molecule is O=C(Nc1ccc(Cl)cc1)c1cc2nc(N3CCCCC3)sc2s1. The van der Waals surface area contributed by atoms with Crippen molar-refractivity contribution in [1.29, 1.82) is 0 Å². The van der Waals surface area contributed by atoms with Gasteiger partial charge >= 0.3 is 0 Å². The van der Waals surface area contributed by atoms with Crippen LogP contribution < -0.4 is 10.2 Å². The Bertz CT molecular complexity index is 834. The van der Waals surface area contributed by atoms with Gasteiger partial charge in [-0.15, -0.1) is 11.3 Å². The van der Waals surface area contributed by atoms with Crippen LogP contribution in [0.15, 0.2) is 30.3 Å². The quantitative estimate of drug-likeness (QED) is 0.677. The number of carbonyl (C=O) groups excluding carboxylic acids is 1. The van der Waals surface area contributed by atoms with Crippen LogP contribution in [0.2, 0.25) is 5.02 Å². The first-order valence-corrected chi connectivity index (χ1v) is 9.92. The van der Waals surface area contributed by atoms with Crippen molar-refractivity contribution < 1.29 is 4.79 Å². The number of fused-ring (bicyclic) bond motifs is 1. The number of nitrogens with one attached hydrogen (secondary N) is 1. The van der Waals surface area contributed by atoms with Gasteiger partial charge in [0.2, 0.25) is 0 Å². The highest BCUT2D eigenvalue weighted by Gasteiger charge is 2.18. The number of hydrogen-bond donors (Lipinski definition) is 1. The zero-order valence-corrected chi connectivity index (χ0v) is 15.3. The van der Waals surface area contributed by atoms with Crippen molar-refractivity contribution in [2.45, 2.75) is 19.3 Å². The van der Waals surface area contributed by atoms with Gasteiger partial charge < -0.3 is 10.2 Å². The van der Waals surface area contributed by atoms with Crippen LogP contribution in [0, 0.1) is 0 Å². The number of thiophene rings is 1. The Labute approximate surface area is 153 Å². The van der Waals surface area contributed by atoms with Gasteiger partial charge in [0, 0.05) is 23.8 Å². The zero-order chi connectivity index (χ0) is 16.5. The molecule has 0 atom stereocenters. The Morgan fingerprint density at radius 3 is 2.58 bits per heavy atom. The lowest BCUT2D eigenvalue weighted by Gasteiger charge is -2.25. The number of amides is 1. The molecule has 4 rings (SSSR count). The largest absolute Gasteiger partial charge is 0.348 e. The number of benzene rings is 1. The highest BCUT2D eigenvalue weighted by atomic mass is 35.5. The molecule has 124 valence electrons. The maximum atomic E-state index is 12.4. The fourth-order valence-electron chi connectivity index (χ4n) is 2.78. The summed E-state index contributed by atoms with van der Waals surface area (Å²) in [6, 6.07) is 8.99. The van der Waals surface area contributed by atoms with E-state index in [2.05, 4.69) is 10.2 Å². The molecule has 0 aliphatic carbocycles. The van der Waals surface area contributed by atoms with E-state index in [1.807, 2.05) is 6.07 Å². The predicted molar refractivity (Wildman–Crippen MR) is 103 cm³/mol. The fraction of sp³-hybridized carbons (Fsp3) is 0.294. The molecule has 3 aromatic rings. The second-order valence-corrected chi connectivity index (χ2v) is 8.51. The van der Waals surface area contributed by atoms with E-state index in [4.69, 9.17) is 16.6 Å². The van der Waals surface area contributed by atoms with Crippen molar-refractivity contribution in [1.82, 2.24) is 4.98 Å². The van der Waals surface area contributed by atoms with Crippen LogP contribution in [0.3, 0.4) is 0 Å². The van der Waals surface area contributed by atoms with Crippen LogP contribution in [0.4, 0.5) is 10.8 Å². The highest BCUT2D eigenvalue weighted by Crippen LogP contribution is 2.36. The number of aromatic nitrogens is 1. The first-order chi connectivity index (χ1) is 11.7. The first-order valence-electron chi connectivity index (χ1n) is 7.91. The summed E-state index contributed by atoms with van der Waals surface area (Å²) in [7, 11) is 0. The lowest BCUT2D eigenvalue weighted by Crippen LogP contribution is -2.29. The average molecular weight is 378 g/mol. The average Bonchev–Trinajstić information content (AvgIpc) is 3.17. The Hall–Kier alpha value is -1.63. The van der Waals surface area contributed by atoms with Crippen molar-refractivity contribution in [3.05, 3.63) is 40.2 Å². The van der Waals surface area contributed by atoms with E-state index in [0.717, 1.165) is 33.4 Å². The number of piperidine rings is 1. The number of carbonyl (C=O) groups is 1. The standard InChI is InChI=1S/C17H16ClN3OS2/c18-11-4-6-12(7-5-11)19-15(22)14-10-13-16(23-14)24-17(20-13)21-8-2-1-3-9-21/h4-7,10H,1-3,8-9H2,(H,19,22). The Kier molecular flexibility index (Phi) is 4.43. The predicted octanol–water partition coefficient (Wildman–Crippen LogP) is 5.25. The van der Waals surface area contributed by atoms with E-state index in [9.17, 15) is 4.79 Å². The molecule has 0 unspecified atom stereocenters. The van der Waals surface area contributed by atoms with Gasteiger partial charge in [0.1, 0.15) is 4.01 Å². The van der Waals surface area contributed by atoms with Gasteiger partial charge in [-0.2, -0.15) is 0 Å². The summed E-state index contributed by atoms with van der Waals surface area (Å²) in [5.41, 5.74) is 1.66. The lowest BCUT2D eigenvalue weighted by atomic mass is 10.1. The second kappa shape index (κ2) is 6.70. The number of halogens is 1. The molecule has 7 heteroatoms. The maximum Gasteiger partial charge on any atom is 0.265 e. The van der Waals surface area contributed by atoms with E-state index in [-0.39, 0.29) is 5.91 Å². The summed E-state index contributed by atoms with van der Waals surface area (Å²) >= 11 is 9.05. The van der Waals surface area contributed by atoms with Gasteiger partial charge in [0.15, 0.2) is 5.13 Å². The van der Waals surface area contributed by atoms with E-state index in [1.54, 1.807) is 35.6 Å². The van der Waals surface area contributed by atoms with Gasteiger partial charge in [0.25, 0.3) is 5.91 Å². The normalized spacial score (nSPS) is 15.0. The van der Waals surface area contributed by atoms with E-state index >= 15 is 0 Å². The van der Waals surface area contributed by atoms with Gasteiger partial charge in [-0.25, -0.2) is 4.98 Å². The Morgan fingerprint density at radius 1 is 1.12 bits per heavy atom. The van der Waals surface area contributed by atoms with E-state index in [1.165, 1.54) is 30.6 Å². The molecule has 4 nitrogen and oxygen atoms in total. The molecule has 0 bridgehead atoms. The van der Waals surface area contributed by atoms with Gasteiger partial charge in [-0.3, -0.25) is 4.79 Å². The van der Waals surface area contributed by atoms with Crippen LogP contribution in [0.5, 0.6) is 0 Å². The zero-order valence-electron chi connectivity index (χ0n) is 12.9. The third-order valence-corrected chi connectivity index (χ3v) is 6.63. The molecule has 1 aliphatic rings. The highest BCUT2D eigenvalue weighted by molar-refractivity contribution is 7.40. The Balaban J connectivity index is 1.51. The van der Waals surface area contributed by atoms with Crippen molar-refractivity contribution in [2.75, 3.05) is 23.3 Å². The number of hydrogen-bond acceptors (Lipinski definition) is 5. The van der Waals surface area contributed by atoms with Crippen molar-refractivity contribution in [3.63, 3.8) is 0 Å². The van der Waals surface area contributed by atoms with Crippen LogP contribution in [-0.2, 0) is 0 Å². The molecule has 0 saturated carbocycles. The van der Waals surface area contributed by atoms with Crippen LogP contribution in [0.25, 0.3) is 9.53 Å². The third kappa shape index (κ3) is 3.27. The molecular formula is C17H16ClN3OS2. The lowest BCUT2D eigenvalue weighted by molar-refractivity contribution is 0.103. The monoisotopic (exact) mass is 377 g/mol. The Morgan fingerprint density at radius 2 is 1.88 bits per heavy atom.